The standard InChI is InChI=1S/C14H19NO3/c1-9-5-6-12(11(3)10(9)2)7-8-15(4)13(16)14(17)18/h5-6H,7-8H2,1-4H3,(H,17,18). The fourth-order valence-corrected chi connectivity index (χ4v) is 1.84. The van der Waals surface area contributed by atoms with Crippen LogP contribution < -0.4 is 0 Å². The first-order chi connectivity index (χ1) is 8.34. The molecule has 0 radical (unpaired) electrons. The minimum atomic E-state index is -1.41. The van der Waals surface area contributed by atoms with Gasteiger partial charge in [0, 0.05) is 13.6 Å². The van der Waals surface area contributed by atoms with Crippen molar-refractivity contribution in [2.45, 2.75) is 27.2 Å². The van der Waals surface area contributed by atoms with Crippen LogP contribution in [-0.4, -0.2) is 35.5 Å². The number of aliphatic carboxylic acids is 1. The molecule has 0 atom stereocenters. The van der Waals surface area contributed by atoms with E-state index < -0.39 is 11.9 Å². The number of carboxylic acid groups (broad SMARTS) is 1. The lowest BCUT2D eigenvalue weighted by molar-refractivity contribution is -0.155. The van der Waals surface area contributed by atoms with Gasteiger partial charge in [-0.3, -0.25) is 4.79 Å². The molecular weight excluding hydrogens is 230 g/mol. The lowest BCUT2D eigenvalue weighted by atomic mass is 9.97. The Kier molecular flexibility index (Phi) is 4.48. The molecule has 0 aliphatic carbocycles. The topological polar surface area (TPSA) is 57.6 Å². The van der Waals surface area contributed by atoms with Crippen LogP contribution in [0.5, 0.6) is 0 Å². The van der Waals surface area contributed by atoms with E-state index in [2.05, 4.69) is 26.8 Å². The van der Waals surface area contributed by atoms with Crippen LogP contribution in [0.3, 0.4) is 0 Å². The Morgan fingerprint density at radius 1 is 1.17 bits per heavy atom. The van der Waals surface area contributed by atoms with Crippen molar-refractivity contribution in [3.63, 3.8) is 0 Å². The van der Waals surface area contributed by atoms with E-state index in [1.54, 1.807) is 0 Å². The Morgan fingerprint density at radius 3 is 2.33 bits per heavy atom. The number of carbonyl (C=O) groups excluding carboxylic acids is 1. The zero-order valence-corrected chi connectivity index (χ0v) is 11.3. The van der Waals surface area contributed by atoms with Crippen molar-refractivity contribution in [1.29, 1.82) is 0 Å². The number of aryl methyl sites for hydroxylation is 1. The number of carboxylic acids is 1. The molecule has 0 aromatic heterocycles. The first-order valence-electron chi connectivity index (χ1n) is 5.88. The number of hydrogen-bond donors (Lipinski definition) is 1. The molecule has 0 aliphatic rings. The van der Waals surface area contributed by atoms with E-state index in [1.807, 2.05) is 6.07 Å². The molecule has 1 N–H and O–H groups in total. The molecule has 4 nitrogen and oxygen atoms in total. The third kappa shape index (κ3) is 3.09. The van der Waals surface area contributed by atoms with Crippen molar-refractivity contribution < 1.29 is 14.7 Å². The van der Waals surface area contributed by atoms with Gasteiger partial charge in [0.1, 0.15) is 0 Å². The van der Waals surface area contributed by atoms with Gasteiger partial charge in [0.2, 0.25) is 0 Å². The van der Waals surface area contributed by atoms with E-state index in [0.29, 0.717) is 13.0 Å². The second-order valence-electron chi connectivity index (χ2n) is 4.57. The summed E-state index contributed by atoms with van der Waals surface area (Å²) >= 11 is 0. The van der Waals surface area contributed by atoms with Crippen LogP contribution in [0.2, 0.25) is 0 Å². The van der Waals surface area contributed by atoms with Crippen molar-refractivity contribution in [2.24, 2.45) is 0 Å². The molecule has 0 saturated heterocycles. The number of rotatable bonds is 3. The maximum absolute atomic E-state index is 11.2. The lowest BCUT2D eigenvalue weighted by Crippen LogP contribution is -2.34. The molecule has 1 aromatic carbocycles. The molecule has 18 heavy (non-hydrogen) atoms. The molecule has 0 saturated carbocycles. The van der Waals surface area contributed by atoms with Gasteiger partial charge in [-0.25, -0.2) is 4.79 Å². The molecule has 0 spiro atoms. The molecule has 0 fully saturated rings. The summed E-state index contributed by atoms with van der Waals surface area (Å²) in [5.74, 6) is -2.27. The third-order valence-electron chi connectivity index (χ3n) is 3.42. The van der Waals surface area contributed by atoms with Crippen molar-refractivity contribution in [2.75, 3.05) is 13.6 Å². The fourth-order valence-electron chi connectivity index (χ4n) is 1.84. The minimum Gasteiger partial charge on any atom is -0.474 e. The minimum absolute atomic E-state index is 0.411. The summed E-state index contributed by atoms with van der Waals surface area (Å²) < 4.78 is 0. The molecular formula is C14H19NO3. The zero-order chi connectivity index (χ0) is 13.9. The van der Waals surface area contributed by atoms with Crippen molar-refractivity contribution in [1.82, 2.24) is 4.90 Å². The van der Waals surface area contributed by atoms with Gasteiger partial charge >= 0.3 is 11.9 Å². The monoisotopic (exact) mass is 249 g/mol. The summed E-state index contributed by atoms with van der Waals surface area (Å²) in [7, 11) is 1.51. The van der Waals surface area contributed by atoms with Crippen LogP contribution in [0.4, 0.5) is 0 Å². The molecule has 4 heteroatoms. The van der Waals surface area contributed by atoms with Crippen LogP contribution in [0.25, 0.3) is 0 Å². The maximum atomic E-state index is 11.2. The van der Waals surface area contributed by atoms with Crippen LogP contribution in [0, 0.1) is 20.8 Å². The summed E-state index contributed by atoms with van der Waals surface area (Å²) in [6.07, 6.45) is 0.669. The van der Waals surface area contributed by atoms with Gasteiger partial charge < -0.3 is 10.0 Å². The first kappa shape index (κ1) is 14.2. The van der Waals surface area contributed by atoms with E-state index in [1.165, 1.54) is 28.6 Å². The molecule has 0 unspecified atom stereocenters. The summed E-state index contributed by atoms with van der Waals surface area (Å²) in [6.45, 7) is 6.59. The Balaban J connectivity index is 2.73. The zero-order valence-electron chi connectivity index (χ0n) is 11.3. The molecule has 0 bridgehead atoms. The Labute approximate surface area is 107 Å². The summed E-state index contributed by atoms with van der Waals surface area (Å²) in [5.41, 5.74) is 4.86. The highest BCUT2D eigenvalue weighted by atomic mass is 16.4. The molecule has 1 aromatic rings. The van der Waals surface area contributed by atoms with Crippen LogP contribution in [0.1, 0.15) is 22.3 Å². The van der Waals surface area contributed by atoms with Gasteiger partial charge in [0.05, 0.1) is 0 Å². The van der Waals surface area contributed by atoms with Crippen molar-refractivity contribution >= 4 is 11.9 Å². The van der Waals surface area contributed by atoms with Gasteiger partial charge in [-0.05, 0) is 49.4 Å². The number of likely N-dealkylation sites (N-methyl/N-ethyl adjacent to an activating group) is 1. The second-order valence-corrected chi connectivity index (χ2v) is 4.57. The van der Waals surface area contributed by atoms with Gasteiger partial charge in [-0.15, -0.1) is 0 Å². The number of nitrogens with zero attached hydrogens (tertiary/aromatic N) is 1. The lowest BCUT2D eigenvalue weighted by Gasteiger charge is -2.16. The Morgan fingerprint density at radius 2 is 1.78 bits per heavy atom. The number of hydrogen-bond acceptors (Lipinski definition) is 2. The van der Waals surface area contributed by atoms with Gasteiger partial charge in [0.15, 0.2) is 0 Å². The third-order valence-corrected chi connectivity index (χ3v) is 3.42. The highest BCUT2D eigenvalue weighted by molar-refractivity contribution is 6.31. The van der Waals surface area contributed by atoms with Gasteiger partial charge in [-0.2, -0.15) is 0 Å². The molecule has 1 amide bonds. The average molecular weight is 249 g/mol. The Hall–Kier alpha value is -1.84. The fraction of sp³-hybridized carbons (Fsp3) is 0.429. The molecule has 0 aliphatic heterocycles. The van der Waals surface area contributed by atoms with E-state index in [0.717, 1.165) is 5.56 Å². The van der Waals surface area contributed by atoms with Crippen LogP contribution >= 0.6 is 0 Å². The first-order valence-corrected chi connectivity index (χ1v) is 5.88. The van der Waals surface area contributed by atoms with Crippen molar-refractivity contribution in [3.05, 3.63) is 34.4 Å². The predicted octanol–water partition coefficient (Wildman–Crippen LogP) is 1.70. The van der Waals surface area contributed by atoms with E-state index in [-0.39, 0.29) is 0 Å². The number of benzene rings is 1. The molecule has 98 valence electrons. The maximum Gasteiger partial charge on any atom is 0.394 e. The SMILES string of the molecule is Cc1ccc(CCN(C)C(=O)C(=O)O)c(C)c1C. The van der Waals surface area contributed by atoms with Crippen LogP contribution in [0.15, 0.2) is 12.1 Å². The highest BCUT2D eigenvalue weighted by Crippen LogP contribution is 2.17. The normalized spacial score (nSPS) is 10.2. The summed E-state index contributed by atoms with van der Waals surface area (Å²) in [6, 6.07) is 4.09. The number of amides is 1. The summed E-state index contributed by atoms with van der Waals surface area (Å²) in [5, 5.41) is 8.59. The van der Waals surface area contributed by atoms with Crippen LogP contribution in [-0.2, 0) is 16.0 Å². The molecule has 1 rings (SSSR count). The summed E-state index contributed by atoms with van der Waals surface area (Å²) in [4.78, 5) is 23.0. The largest absolute Gasteiger partial charge is 0.474 e. The Bertz CT molecular complexity index is 480. The second kappa shape index (κ2) is 5.67. The van der Waals surface area contributed by atoms with E-state index in [4.69, 9.17) is 5.11 Å². The smallest absolute Gasteiger partial charge is 0.394 e. The number of carbonyl (C=O) groups is 2. The van der Waals surface area contributed by atoms with Crippen molar-refractivity contribution in [3.8, 4) is 0 Å². The van der Waals surface area contributed by atoms with E-state index in [9.17, 15) is 9.59 Å². The van der Waals surface area contributed by atoms with Gasteiger partial charge in [0.25, 0.3) is 0 Å². The highest BCUT2D eigenvalue weighted by Gasteiger charge is 2.16. The quantitative estimate of drug-likeness (QED) is 0.829. The predicted molar refractivity (Wildman–Crippen MR) is 69.6 cm³/mol. The van der Waals surface area contributed by atoms with Gasteiger partial charge in [-0.1, -0.05) is 12.1 Å². The molecule has 0 heterocycles. The van der Waals surface area contributed by atoms with E-state index >= 15 is 0 Å². The average Bonchev–Trinajstić information content (AvgIpc) is 2.33.